The minimum Gasteiger partial charge on any atom is -0.467 e. The Morgan fingerprint density at radius 2 is 1.82 bits per heavy atom. The third-order valence-corrected chi connectivity index (χ3v) is 5.23. The second-order valence-electron chi connectivity index (χ2n) is 6.26. The van der Waals surface area contributed by atoms with Crippen LogP contribution in [0.25, 0.3) is 0 Å². The molecule has 0 aromatic heterocycles. The number of carbonyl (C=O) groups is 2. The van der Waals surface area contributed by atoms with Crippen molar-refractivity contribution in [3.05, 3.63) is 69.7 Å². The number of nitrogens with two attached hydrogens (primary N) is 1. The highest BCUT2D eigenvalue weighted by Crippen LogP contribution is 2.53. The molecule has 0 radical (unpaired) electrons. The summed E-state index contributed by atoms with van der Waals surface area (Å²) in [5.74, 6) is -1.78. The first kappa shape index (κ1) is 20.0. The number of fused-ring (bicyclic) bond motifs is 1. The lowest BCUT2D eigenvalue weighted by molar-refractivity contribution is -0.146. The lowest BCUT2D eigenvalue weighted by Crippen LogP contribution is -2.45. The Labute approximate surface area is 172 Å². The van der Waals surface area contributed by atoms with Crippen molar-refractivity contribution in [3.8, 4) is 0 Å². The summed E-state index contributed by atoms with van der Waals surface area (Å²) in [5, 5.41) is 3.98. The normalized spacial score (nSPS) is 20.5. The smallest absolute Gasteiger partial charge is 0.337 e. The van der Waals surface area contributed by atoms with E-state index in [9.17, 15) is 9.59 Å². The number of rotatable bonds is 4. The third kappa shape index (κ3) is 3.30. The third-order valence-electron chi connectivity index (χ3n) is 4.70. The van der Waals surface area contributed by atoms with Crippen LogP contribution < -0.4 is 11.1 Å². The zero-order valence-corrected chi connectivity index (χ0v) is 16.7. The molecule has 1 heterocycles. The van der Waals surface area contributed by atoms with Crippen molar-refractivity contribution in [3.63, 3.8) is 0 Å². The van der Waals surface area contributed by atoms with Crippen LogP contribution in [-0.2, 0) is 24.6 Å². The van der Waals surface area contributed by atoms with Gasteiger partial charge in [0.1, 0.15) is 0 Å². The zero-order chi connectivity index (χ0) is 20.5. The largest absolute Gasteiger partial charge is 0.467 e. The second kappa shape index (κ2) is 7.73. The minimum absolute atomic E-state index is 0.357. The van der Waals surface area contributed by atoms with Crippen molar-refractivity contribution in [1.82, 2.24) is 0 Å². The van der Waals surface area contributed by atoms with Gasteiger partial charge in [0.2, 0.25) is 0 Å². The Kier molecular flexibility index (Phi) is 5.54. The van der Waals surface area contributed by atoms with Gasteiger partial charge >= 0.3 is 11.9 Å². The van der Waals surface area contributed by atoms with Crippen molar-refractivity contribution in [2.24, 2.45) is 0 Å². The number of benzene rings is 2. The van der Waals surface area contributed by atoms with Gasteiger partial charge in [-0.3, -0.25) is 0 Å². The van der Waals surface area contributed by atoms with Gasteiger partial charge in [0, 0.05) is 39.0 Å². The molecule has 2 unspecified atom stereocenters. The SMILES string of the molecule is COC(=O)/C=C\C1c2c(Cl)cc(Cl)cc2NC1(C(=O)OC)c1ccc(N)cc1. The number of nitrogens with one attached hydrogen (secondary N) is 1. The number of hydrogen-bond donors (Lipinski definition) is 2. The van der Waals surface area contributed by atoms with Crippen molar-refractivity contribution in [2.75, 3.05) is 25.3 Å². The van der Waals surface area contributed by atoms with Gasteiger partial charge in [0.25, 0.3) is 0 Å². The van der Waals surface area contributed by atoms with Gasteiger partial charge in [-0.25, -0.2) is 9.59 Å². The molecule has 0 fully saturated rings. The van der Waals surface area contributed by atoms with E-state index in [1.54, 1.807) is 42.5 Å². The van der Waals surface area contributed by atoms with Crippen LogP contribution in [0.15, 0.2) is 48.6 Å². The molecule has 1 aliphatic rings. The molecule has 3 rings (SSSR count). The van der Waals surface area contributed by atoms with E-state index in [1.807, 2.05) is 0 Å². The molecular weight excluding hydrogens is 403 g/mol. The highest BCUT2D eigenvalue weighted by Gasteiger charge is 2.54. The van der Waals surface area contributed by atoms with Crippen LogP contribution in [0.4, 0.5) is 11.4 Å². The highest BCUT2D eigenvalue weighted by atomic mass is 35.5. The van der Waals surface area contributed by atoms with Crippen molar-refractivity contribution in [1.29, 1.82) is 0 Å². The summed E-state index contributed by atoms with van der Waals surface area (Å²) in [6.07, 6.45) is 2.82. The van der Waals surface area contributed by atoms with Crippen LogP contribution in [0.1, 0.15) is 17.0 Å². The highest BCUT2D eigenvalue weighted by molar-refractivity contribution is 6.36. The van der Waals surface area contributed by atoms with Crippen LogP contribution in [0.5, 0.6) is 0 Å². The van der Waals surface area contributed by atoms with E-state index < -0.39 is 23.4 Å². The average Bonchev–Trinajstić information content (AvgIpc) is 3.01. The molecule has 0 saturated heterocycles. The number of esters is 2. The molecule has 2 aromatic carbocycles. The van der Waals surface area contributed by atoms with E-state index in [2.05, 4.69) is 5.32 Å². The number of halogens is 2. The van der Waals surface area contributed by atoms with Crippen LogP contribution in [0.2, 0.25) is 10.0 Å². The van der Waals surface area contributed by atoms with Gasteiger partial charge in [0.15, 0.2) is 5.54 Å². The van der Waals surface area contributed by atoms with Crippen LogP contribution in [0.3, 0.4) is 0 Å². The summed E-state index contributed by atoms with van der Waals surface area (Å²) in [4.78, 5) is 24.8. The molecule has 0 aliphatic carbocycles. The Morgan fingerprint density at radius 1 is 1.14 bits per heavy atom. The maximum atomic E-state index is 13.1. The minimum atomic E-state index is -1.37. The van der Waals surface area contributed by atoms with Gasteiger partial charge in [-0.1, -0.05) is 41.4 Å². The van der Waals surface area contributed by atoms with Crippen molar-refractivity contribution >= 4 is 46.5 Å². The predicted molar refractivity (Wildman–Crippen MR) is 109 cm³/mol. The molecule has 146 valence electrons. The average molecular weight is 421 g/mol. The van der Waals surface area contributed by atoms with E-state index in [0.717, 1.165) is 0 Å². The fourth-order valence-electron chi connectivity index (χ4n) is 3.45. The van der Waals surface area contributed by atoms with E-state index in [0.29, 0.717) is 32.5 Å². The van der Waals surface area contributed by atoms with E-state index in [-0.39, 0.29) is 0 Å². The molecular formula is C20H18Cl2N2O4. The quantitative estimate of drug-likeness (QED) is 0.442. The summed E-state index contributed by atoms with van der Waals surface area (Å²) in [7, 11) is 2.56. The molecule has 0 amide bonds. The Balaban J connectivity index is 2.28. The monoisotopic (exact) mass is 420 g/mol. The summed E-state index contributed by atoms with van der Waals surface area (Å²) in [5.41, 5.74) is 6.76. The van der Waals surface area contributed by atoms with Gasteiger partial charge in [-0.2, -0.15) is 0 Å². The molecule has 1 aliphatic heterocycles. The molecule has 0 bridgehead atoms. The van der Waals surface area contributed by atoms with Crippen LogP contribution >= 0.6 is 23.2 Å². The molecule has 2 atom stereocenters. The fraction of sp³-hybridized carbons (Fsp3) is 0.200. The lowest BCUT2D eigenvalue weighted by atomic mass is 9.77. The van der Waals surface area contributed by atoms with Gasteiger partial charge < -0.3 is 20.5 Å². The molecule has 3 N–H and O–H groups in total. The van der Waals surface area contributed by atoms with E-state index in [4.69, 9.17) is 38.4 Å². The number of nitrogen functional groups attached to an aromatic ring is 1. The van der Waals surface area contributed by atoms with Crippen LogP contribution in [-0.4, -0.2) is 26.2 Å². The summed E-state index contributed by atoms with van der Waals surface area (Å²) < 4.78 is 9.82. The number of carbonyl (C=O) groups excluding carboxylic acids is 2. The van der Waals surface area contributed by atoms with E-state index in [1.165, 1.54) is 20.3 Å². The number of methoxy groups -OCH3 is 2. The maximum absolute atomic E-state index is 13.1. The molecule has 2 aromatic rings. The predicted octanol–water partition coefficient (Wildman–Crippen LogP) is 3.88. The summed E-state index contributed by atoms with van der Waals surface area (Å²) >= 11 is 12.6. The molecule has 8 heteroatoms. The first-order valence-electron chi connectivity index (χ1n) is 8.31. The number of ether oxygens (including phenoxy) is 2. The zero-order valence-electron chi connectivity index (χ0n) is 15.2. The second-order valence-corrected chi connectivity index (χ2v) is 7.10. The van der Waals surface area contributed by atoms with Crippen LogP contribution in [0, 0.1) is 0 Å². The van der Waals surface area contributed by atoms with Crippen molar-refractivity contribution in [2.45, 2.75) is 11.5 Å². The van der Waals surface area contributed by atoms with Gasteiger partial charge in [0.05, 0.1) is 14.2 Å². The summed E-state index contributed by atoms with van der Waals surface area (Å²) in [6.45, 7) is 0. The Morgan fingerprint density at radius 3 is 2.43 bits per heavy atom. The van der Waals surface area contributed by atoms with E-state index >= 15 is 0 Å². The first-order chi connectivity index (χ1) is 13.3. The topological polar surface area (TPSA) is 90.6 Å². The maximum Gasteiger partial charge on any atom is 0.337 e. The summed E-state index contributed by atoms with van der Waals surface area (Å²) in [6, 6.07) is 10.1. The van der Waals surface area contributed by atoms with Gasteiger partial charge in [-0.15, -0.1) is 0 Å². The molecule has 0 saturated carbocycles. The fourth-order valence-corrected chi connectivity index (χ4v) is 4.06. The standard InChI is InChI=1S/C20H18Cl2N2O4/c1-27-17(25)8-7-14-18-15(22)9-12(21)10-16(18)24-20(14,19(26)28-2)11-3-5-13(23)6-4-11/h3-10,14,24H,23H2,1-2H3/b8-7-. The number of anilines is 2. The Hall–Kier alpha value is -2.70. The van der Waals surface area contributed by atoms with Crippen molar-refractivity contribution < 1.29 is 19.1 Å². The Bertz CT molecular complexity index is 959. The lowest BCUT2D eigenvalue weighted by Gasteiger charge is -2.32. The van der Waals surface area contributed by atoms with Gasteiger partial charge in [-0.05, 0) is 29.8 Å². The first-order valence-corrected chi connectivity index (χ1v) is 9.06. The molecule has 6 nitrogen and oxygen atoms in total. The molecule has 0 spiro atoms. The molecule has 28 heavy (non-hydrogen) atoms. The number of hydrogen-bond acceptors (Lipinski definition) is 6.